The molecule has 7 heteroatoms. The average Bonchev–Trinajstić information content (AvgIpc) is 2.52. The molecule has 2 rings (SSSR count). The summed E-state index contributed by atoms with van der Waals surface area (Å²) < 4.78 is 0. The first-order valence-electron chi connectivity index (χ1n) is 6.70. The van der Waals surface area contributed by atoms with E-state index < -0.39 is 0 Å². The quantitative estimate of drug-likeness (QED) is 0.842. The van der Waals surface area contributed by atoms with Crippen LogP contribution in [0.2, 0.25) is 15.1 Å². The highest BCUT2D eigenvalue weighted by atomic mass is 35.5. The maximum absolute atomic E-state index is 11.9. The maximum atomic E-state index is 11.9. The highest BCUT2D eigenvalue weighted by Crippen LogP contribution is 2.20. The minimum atomic E-state index is -0.346. The zero-order valence-electron chi connectivity index (χ0n) is 11.9. The summed E-state index contributed by atoms with van der Waals surface area (Å²) in [5.74, 6) is -0.667. The van der Waals surface area contributed by atoms with Crippen molar-refractivity contribution in [3.05, 3.63) is 68.7 Å². The van der Waals surface area contributed by atoms with E-state index in [2.05, 4.69) is 10.6 Å². The van der Waals surface area contributed by atoms with Gasteiger partial charge in [0.2, 0.25) is 5.91 Å². The lowest BCUT2D eigenvalue weighted by atomic mass is 10.2. The van der Waals surface area contributed by atoms with Crippen LogP contribution in [-0.2, 0) is 11.3 Å². The number of amides is 2. The normalized spacial score (nSPS) is 10.2. The fourth-order valence-electron chi connectivity index (χ4n) is 1.79. The van der Waals surface area contributed by atoms with Gasteiger partial charge in [0, 0.05) is 27.2 Å². The standard InChI is InChI=1S/C16H13Cl3N2O2/c17-12-4-1-10(2-5-12)16(23)21-9-15(22)20-8-11-3-6-13(18)7-14(11)19/h1-7H,8-9H2,(H,20,22)(H,21,23). The molecule has 0 radical (unpaired) electrons. The smallest absolute Gasteiger partial charge is 0.251 e. The largest absolute Gasteiger partial charge is 0.350 e. The Labute approximate surface area is 148 Å². The van der Waals surface area contributed by atoms with Crippen LogP contribution >= 0.6 is 34.8 Å². The van der Waals surface area contributed by atoms with E-state index in [9.17, 15) is 9.59 Å². The molecule has 0 saturated carbocycles. The van der Waals surface area contributed by atoms with Gasteiger partial charge < -0.3 is 10.6 Å². The van der Waals surface area contributed by atoms with Crippen LogP contribution in [0.25, 0.3) is 0 Å². The number of carbonyl (C=O) groups is 2. The van der Waals surface area contributed by atoms with Crippen LogP contribution in [0.15, 0.2) is 42.5 Å². The van der Waals surface area contributed by atoms with Crippen molar-refractivity contribution in [1.29, 1.82) is 0 Å². The Morgan fingerprint density at radius 1 is 0.870 bits per heavy atom. The Kier molecular flexibility index (Phi) is 6.28. The van der Waals surface area contributed by atoms with Gasteiger partial charge in [-0.25, -0.2) is 0 Å². The molecule has 2 aromatic carbocycles. The van der Waals surface area contributed by atoms with Gasteiger partial charge in [-0.3, -0.25) is 9.59 Å². The van der Waals surface area contributed by atoms with Crippen molar-refractivity contribution in [2.45, 2.75) is 6.54 Å². The van der Waals surface area contributed by atoms with Crippen molar-refractivity contribution in [2.24, 2.45) is 0 Å². The highest BCUT2D eigenvalue weighted by molar-refractivity contribution is 6.35. The van der Waals surface area contributed by atoms with Crippen molar-refractivity contribution in [2.75, 3.05) is 6.54 Å². The Bertz CT molecular complexity index is 718. The summed E-state index contributed by atoms with van der Waals surface area (Å²) >= 11 is 17.6. The predicted octanol–water partition coefficient (Wildman–Crippen LogP) is 3.69. The molecule has 0 unspecified atom stereocenters. The van der Waals surface area contributed by atoms with E-state index in [1.807, 2.05) is 0 Å². The molecule has 2 amide bonds. The third-order valence-corrected chi connectivity index (χ3v) is 3.85. The molecule has 0 bridgehead atoms. The van der Waals surface area contributed by atoms with Gasteiger partial charge in [-0.05, 0) is 42.0 Å². The monoisotopic (exact) mass is 370 g/mol. The first kappa shape index (κ1) is 17.6. The molecule has 4 nitrogen and oxygen atoms in total. The first-order valence-corrected chi connectivity index (χ1v) is 7.83. The zero-order valence-corrected chi connectivity index (χ0v) is 14.2. The molecule has 0 aliphatic heterocycles. The lowest BCUT2D eigenvalue weighted by molar-refractivity contribution is -0.120. The molecule has 2 aromatic rings. The van der Waals surface area contributed by atoms with Crippen molar-refractivity contribution in [3.8, 4) is 0 Å². The van der Waals surface area contributed by atoms with Crippen LogP contribution in [0.3, 0.4) is 0 Å². The van der Waals surface area contributed by atoms with Gasteiger partial charge in [0.05, 0.1) is 6.54 Å². The van der Waals surface area contributed by atoms with E-state index in [1.165, 1.54) is 0 Å². The lowest BCUT2D eigenvalue weighted by Gasteiger charge is -2.08. The predicted molar refractivity (Wildman–Crippen MR) is 92.1 cm³/mol. The lowest BCUT2D eigenvalue weighted by Crippen LogP contribution is -2.36. The first-order chi connectivity index (χ1) is 11.0. The Morgan fingerprint density at radius 3 is 2.17 bits per heavy atom. The van der Waals surface area contributed by atoms with Crippen LogP contribution in [0.4, 0.5) is 0 Å². The summed E-state index contributed by atoms with van der Waals surface area (Å²) in [7, 11) is 0. The summed E-state index contributed by atoms with van der Waals surface area (Å²) in [5, 5.41) is 6.75. The van der Waals surface area contributed by atoms with Crippen molar-refractivity contribution < 1.29 is 9.59 Å². The van der Waals surface area contributed by atoms with E-state index in [4.69, 9.17) is 34.8 Å². The number of hydrogen-bond donors (Lipinski definition) is 2. The van der Waals surface area contributed by atoms with E-state index in [0.717, 1.165) is 5.56 Å². The van der Waals surface area contributed by atoms with Crippen LogP contribution in [0.1, 0.15) is 15.9 Å². The Balaban J connectivity index is 1.81. The van der Waals surface area contributed by atoms with Crippen molar-refractivity contribution in [1.82, 2.24) is 10.6 Å². The number of nitrogens with one attached hydrogen (secondary N) is 2. The molecule has 120 valence electrons. The third kappa shape index (κ3) is 5.43. The van der Waals surface area contributed by atoms with E-state index >= 15 is 0 Å². The average molecular weight is 372 g/mol. The van der Waals surface area contributed by atoms with Gasteiger partial charge in [0.25, 0.3) is 5.91 Å². The van der Waals surface area contributed by atoms with Crippen LogP contribution in [0, 0.1) is 0 Å². The Hall–Kier alpha value is -1.75. The van der Waals surface area contributed by atoms with Gasteiger partial charge in [-0.15, -0.1) is 0 Å². The summed E-state index contributed by atoms with van der Waals surface area (Å²) in [5.41, 5.74) is 1.18. The third-order valence-electron chi connectivity index (χ3n) is 3.01. The second-order valence-electron chi connectivity index (χ2n) is 4.70. The minimum absolute atomic E-state index is 0.132. The van der Waals surface area contributed by atoms with E-state index in [0.29, 0.717) is 20.6 Å². The molecular weight excluding hydrogens is 359 g/mol. The molecule has 0 spiro atoms. The van der Waals surface area contributed by atoms with Crippen LogP contribution < -0.4 is 10.6 Å². The van der Waals surface area contributed by atoms with Crippen molar-refractivity contribution in [3.63, 3.8) is 0 Å². The fourth-order valence-corrected chi connectivity index (χ4v) is 2.39. The Morgan fingerprint density at radius 2 is 1.52 bits per heavy atom. The fraction of sp³-hybridized carbons (Fsp3) is 0.125. The number of carbonyl (C=O) groups excluding carboxylic acids is 2. The summed E-state index contributed by atoms with van der Waals surface area (Å²) in [4.78, 5) is 23.6. The molecule has 0 heterocycles. The van der Waals surface area contributed by atoms with Gasteiger partial charge in [-0.1, -0.05) is 40.9 Å². The van der Waals surface area contributed by atoms with Crippen LogP contribution in [0.5, 0.6) is 0 Å². The van der Waals surface area contributed by atoms with Gasteiger partial charge in [0.15, 0.2) is 0 Å². The van der Waals surface area contributed by atoms with Crippen molar-refractivity contribution >= 4 is 46.6 Å². The molecule has 0 aliphatic carbocycles. The van der Waals surface area contributed by atoms with E-state index in [1.54, 1.807) is 42.5 Å². The summed E-state index contributed by atoms with van der Waals surface area (Å²) in [6.45, 7) is 0.123. The molecular formula is C16H13Cl3N2O2. The molecule has 23 heavy (non-hydrogen) atoms. The van der Waals surface area contributed by atoms with Gasteiger partial charge in [0.1, 0.15) is 0 Å². The number of rotatable bonds is 5. The SMILES string of the molecule is O=C(CNC(=O)c1ccc(Cl)cc1)NCc1ccc(Cl)cc1Cl. The summed E-state index contributed by atoms with van der Waals surface area (Å²) in [6, 6.07) is 11.4. The zero-order chi connectivity index (χ0) is 16.8. The number of benzene rings is 2. The summed E-state index contributed by atoms with van der Waals surface area (Å²) in [6.07, 6.45) is 0. The van der Waals surface area contributed by atoms with E-state index in [-0.39, 0.29) is 24.9 Å². The second-order valence-corrected chi connectivity index (χ2v) is 5.98. The molecule has 0 aromatic heterocycles. The molecule has 0 saturated heterocycles. The number of hydrogen-bond acceptors (Lipinski definition) is 2. The minimum Gasteiger partial charge on any atom is -0.350 e. The van der Waals surface area contributed by atoms with Gasteiger partial charge >= 0.3 is 0 Å². The van der Waals surface area contributed by atoms with Gasteiger partial charge in [-0.2, -0.15) is 0 Å². The highest BCUT2D eigenvalue weighted by Gasteiger charge is 2.08. The molecule has 0 atom stereocenters. The molecule has 0 aliphatic rings. The molecule has 0 fully saturated rings. The second kappa shape index (κ2) is 8.20. The number of halogens is 3. The topological polar surface area (TPSA) is 58.2 Å². The molecule has 2 N–H and O–H groups in total. The maximum Gasteiger partial charge on any atom is 0.251 e. The van der Waals surface area contributed by atoms with Crippen LogP contribution in [-0.4, -0.2) is 18.4 Å².